The molecule has 4 rings (SSSR count). The van der Waals surface area contributed by atoms with Gasteiger partial charge in [0.2, 0.25) is 0 Å². The Kier molecular flexibility index (Phi) is 4.56. The Morgan fingerprint density at radius 3 is 2.48 bits per heavy atom. The van der Waals surface area contributed by atoms with Gasteiger partial charge in [-0.15, -0.1) is 0 Å². The van der Waals surface area contributed by atoms with Crippen LogP contribution in [0, 0.1) is 11.3 Å². The highest BCUT2D eigenvalue weighted by atomic mass is 15.3. The zero-order chi connectivity index (χ0) is 17.4. The van der Waals surface area contributed by atoms with Crippen molar-refractivity contribution in [1.29, 1.82) is 5.26 Å². The third kappa shape index (κ3) is 2.97. The molecule has 5 heteroatoms. The fourth-order valence-corrected chi connectivity index (χ4v) is 4.67. The van der Waals surface area contributed by atoms with Gasteiger partial charge in [0, 0.05) is 44.3 Å². The van der Waals surface area contributed by atoms with E-state index in [4.69, 9.17) is 4.98 Å². The lowest BCUT2D eigenvalue weighted by molar-refractivity contribution is 0.312. The minimum atomic E-state index is 0.476. The number of anilines is 2. The molecule has 2 fully saturated rings. The predicted octanol–water partition coefficient (Wildman–Crippen LogP) is 2.92. The maximum atomic E-state index is 9.97. The van der Waals surface area contributed by atoms with Crippen molar-refractivity contribution in [3.05, 3.63) is 16.7 Å². The van der Waals surface area contributed by atoms with E-state index in [0.717, 1.165) is 56.3 Å². The monoisotopic (exact) mass is 339 g/mol. The highest BCUT2D eigenvalue weighted by Gasteiger charge is 2.31. The average Bonchev–Trinajstić information content (AvgIpc) is 3.15. The number of hydrogen-bond acceptors (Lipinski definition) is 5. The zero-order valence-corrected chi connectivity index (χ0v) is 15.6. The minimum Gasteiger partial charge on any atom is -0.356 e. The summed E-state index contributed by atoms with van der Waals surface area (Å²) in [5.41, 5.74) is 3.42. The van der Waals surface area contributed by atoms with E-state index in [-0.39, 0.29) is 0 Å². The number of likely N-dealkylation sites (N-methyl/N-ethyl adjacent to an activating group) is 1. The SMILES string of the molecule is CC1CCCCN1c1nc(N2CCCC2)c2c(c1C#N)CCN(C)C2. The van der Waals surface area contributed by atoms with Crippen LogP contribution >= 0.6 is 0 Å². The molecule has 5 nitrogen and oxygen atoms in total. The number of pyridine rings is 1. The highest BCUT2D eigenvalue weighted by Crippen LogP contribution is 2.37. The first kappa shape index (κ1) is 16.7. The van der Waals surface area contributed by atoms with Crippen LogP contribution in [0.4, 0.5) is 11.6 Å². The smallest absolute Gasteiger partial charge is 0.149 e. The van der Waals surface area contributed by atoms with E-state index < -0.39 is 0 Å². The quantitative estimate of drug-likeness (QED) is 0.829. The largest absolute Gasteiger partial charge is 0.356 e. The van der Waals surface area contributed by atoms with Crippen LogP contribution in [-0.2, 0) is 13.0 Å². The third-order valence-electron chi connectivity index (χ3n) is 6.14. The first-order valence-corrected chi connectivity index (χ1v) is 9.85. The summed E-state index contributed by atoms with van der Waals surface area (Å²) in [6.45, 7) is 7.46. The lowest BCUT2D eigenvalue weighted by Crippen LogP contribution is -2.40. The van der Waals surface area contributed by atoms with E-state index >= 15 is 0 Å². The first-order valence-electron chi connectivity index (χ1n) is 9.85. The molecule has 0 aliphatic carbocycles. The Bertz CT molecular complexity index is 686. The summed E-state index contributed by atoms with van der Waals surface area (Å²) in [7, 11) is 2.17. The van der Waals surface area contributed by atoms with Crippen LogP contribution < -0.4 is 9.80 Å². The summed E-state index contributed by atoms with van der Waals surface area (Å²) < 4.78 is 0. The Morgan fingerprint density at radius 1 is 1.00 bits per heavy atom. The molecule has 0 amide bonds. The Labute approximate surface area is 151 Å². The second-order valence-electron chi connectivity index (χ2n) is 7.92. The number of fused-ring (bicyclic) bond motifs is 1. The van der Waals surface area contributed by atoms with Crippen molar-refractivity contribution in [1.82, 2.24) is 9.88 Å². The van der Waals surface area contributed by atoms with Gasteiger partial charge in [-0.1, -0.05) is 0 Å². The molecule has 0 N–H and O–H groups in total. The molecule has 1 aromatic heterocycles. The third-order valence-corrected chi connectivity index (χ3v) is 6.14. The van der Waals surface area contributed by atoms with E-state index in [9.17, 15) is 5.26 Å². The first-order chi connectivity index (χ1) is 12.2. The van der Waals surface area contributed by atoms with Crippen LogP contribution in [0.25, 0.3) is 0 Å². The number of nitrogens with zero attached hydrogens (tertiary/aromatic N) is 5. The maximum absolute atomic E-state index is 9.97. The summed E-state index contributed by atoms with van der Waals surface area (Å²) in [6, 6.07) is 3.01. The molecule has 2 saturated heterocycles. The average molecular weight is 339 g/mol. The molecule has 25 heavy (non-hydrogen) atoms. The molecule has 3 aliphatic heterocycles. The van der Waals surface area contributed by atoms with Gasteiger partial charge in [-0.25, -0.2) is 4.98 Å². The fraction of sp³-hybridized carbons (Fsp3) is 0.700. The van der Waals surface area contributed by atoms with Crippen LogP contribution in [0.3, 0.4) is 0 Å². The van der Waals surface area contributed by atoms with Gasteiger partial charge in [0.15, 0.2) is 0 Å². The Balaban J connectivity index is 1.86. The van der Waals surface area contributed by atoms with Crippen LogP contribution in [0.2, 0.25) is 0 Å². The van der Waals surface area contributed by atoms with Gasteiger partial charge in [-0.2, -0.15) is 5.26 Å². The fourth-order valence-electron chi connectivity index (χ4n) is 4.67. The highest BCUT2D eigenvalue weighted by molar-refractivity contribution is 5.68. The zero-order valence-electron chi connectivity index (χ0n) is 15.6. The molecular weight excluding hydrogens is 310 g/mol. The molecule has 0 aromatic carbocycles. The van der Waals surface area contributed by atoms with Gasteiger partial charge < -0.3 is 14.7 Å². The lowest BCUT2D eigenvalue weighted by atomic mass is 9.94. The number of piperidine rings is 1. The molecule has 0 radical (unpaired) electrons. The van der Waals surface area contributed by atoms with E-state index in [2.05, 4.69) is 34.7 Å². The lowest BCUT2D eigenvalue weighted by Gasteiger charge is -2.38. The molecule has 134 valence electrons. The topological polar surface area (TPSA) is 46.4 Å². The van der Waals surface area contributed by atoms with Crippen LogP contribution in [0.15, 0.2) is 0 Å². The molecule has 0 saturated carbocycles. The van der Waals surface area contributed by atoms with Crippen molar-refractivity contribution in [2.45, 2.75) is 58.0 Å². The molecule has 0 spiro atoms. The van der Waals surface area contributed by atoms with Crippen LogP contribution in [-0.4, -0.2) is 49.2 Å². The standard InChI is InChI=1S/C20H29N5/c1-15-7-3-4-11-25(15)20-17(13-21)16-8-12-23(2)14-18(16)19(22-20)24-9-5-6-10-24/h15H,3-12,14H2,1-2H3. The summed E-state index contributed by atoms with van der Waals surface area (Å²) in [6.07, 6.45) is 7.16. The Morgan fingerprint density at radius 2 is 1.76 bits per heavy atom. The van der Waals surface area contributed by atoms with Gasteiger partial charge >= 0.3 is 0 Å². The number of rotatable bonds is 2. The van der Waals surface area contributed by atoms with Crippen molar-refractivity contribution in [2.75, 3.05) is 43.0 Å². The van der Waals surface area contributed by atoms with Crippen LogP contribution in [0.1, 0.15) is 55.7 Å². The van der Waals surface area contributed by atoms with E-state index in [1.807, 2.05) is 0 Å². The maximum Gasteiger partial charge on any atom is 0.149 e. The predicted molar refractivity (Wildman–Crippen MR) is 101 cm³/mol. The summed E-state index contributed by atoms with van der Waals surface area (Å²) in [5, 5.41) is 9.97. The molecule has 0 bridgehead atoms. The van der Waals surface area contributed by atoms with Gasteiger partial charge in [0.1, 0.15) is 17.7 Å². The van der Waals surface area contributed by atoms with Crippen LogP contribution in [0.5, 0.6) is 0 Å². The second kappa shape index (κ2) is 6.84. The molecule has 4 heterocycles. The molecular formula is C20H29N5. The molecule has 1 unspecified atom stereocenters. The molecule has 1 aromatic rings. The van der Waals surface area contributed by atoms with E-state index in [0.29, 0.717) is 6.04 Å². The number of aromatic nitrogens is 1. The van der Waals surface area contributed by atoms with Gasteiger partial charge in [0.25, 0.3) is 0 Å². The van der Waals surface area contributed by atoms with Crippen molar-refractivity contribution in [3.63, 3.8) is 0 Å². The minimum absolute atomic E-state index is 0.476. The molecule has 3 aliphatic rings. The second-order valence-corrected chi connectivity index (χ2v) is 7.92. The van der Waals surface area contributed by atoms with Crippen molar-refractivity contribution in [2.24, 2.45) is 0 Å². The van der Waals surface area contributed by atoms with Crippen molar-refractivity contribution >= 4 is 11.6 Å². The number of nitriles is 1. The summed E-state index contributed by atoms with van der Waals surface area (Å²) in [4.78, 5) is 12.4. The van der Waals surface area contributed by atoms with Crippen molar-refractivity contribution < 1.29 is 0 Å². The summed E-state index contributed by atoms with van der Waals surface area (Å²) in [5.74, 6) is 2.12. The van der Waals surface area contributed by atoms with Gasteiger partial charge in [-0.3, -0.25) is 0 Å². The Hall–Kier alpha value is -1.80. The number of hydrogen-bond donors (Lipinski definition) is 0. The molecule has 1 atom stereocenters. The van der Waals surface area contributed by atoms with E-state index in [1.54, 1.807) is 0 Å². The van der Waals surface area contributed by atoms with Gasteiger partial charge in [0.05, 0.1) is 5.56 Å². The summed E-state index contributed by atoms with van der Waals surface area (Å²) >= 11 is 0. The normalized spacial score (nSPS) is 24.3. The van der Waals surface area contributed by atoms with E-state index in [1.165, 1.54) is 43.2 Å². The van der Waals surface area contributed by atoms with Gasteiger partial charge in [-0.05, 0) is 58.1 Å². The van der Waals surface area contributed by atoms with Crippen molar-refractivity contribution in [3.8, 4) is 6.07 Å².